The largest absolute Gasteiger partial charge is 0.361 e. The summed E-state index contributed by atoms with van der Waals surface area (Å²) in [7, 11) is 0. The highest BCUT2D eigenvalue weighted by Crippen LogP contribution is 2.23. The van der Waals surface area contributed by atoms with E-state index in [-0.39, 0.29) is 24.3 Å². The molecule has 148 valence electrons. The van der Waals surface area contributed by atoms with Crippen LogP contribution in [-0.4, -0.2) is 58.3 Å². The summed E-state index contributed by atoms with van der Waals surface area (Å²) in [5.41, 5.74) is 1.97. The van der Waals surface area contributed by atoms with Crippen molar-refractivity contribution in [2.45, 2.75) is 38.1 Å². The van der Waals surface area contributed by atoms with Crippen molar-refractivity contribution in [3.05, 3.63) is 35.0 Å². The third-order valence-electron chi connectivity index (χ3n) is 5.55. The second-order valence-corrected chi connectivity index (χ2v) is 7.81. The Kier molecular flexibility index (Phi) is 5.26. The molecule has 4 rings (SSSR count). The molecule has 1 atom stereocenters. The minimum Gasteiger partial charge on any atom is -0.361 e. The number of imide groups is 1. The van der Waals surface area contributed by atoms with Crippen LogP contribution in [0.15, 0.2) is 24.4 Å². The van der Waals surface area contributed by atoms with E-state index in [4.69, 9.17) is 11.6 Å². The summed E-state index contributed by atoms with van der Waals surface area (Å²) in [5.74, 6) is -0.189. The highest BCUT2D eigenvalue weighted by Gasteiger charge is 2.37. The van der Waals surface area contributed by atoms with Gasteiger partial charge in [0.2, 0.25) is 5.91 Å². The van der Waals surface area contributed by atoms with Gasteiger partial charge < -0.3 is 15.2 Å². The Balaban J connectivity index is 1.34. The van der Waals surface area contributed by atoms with Crippen LogP contribution in [0, 0.1) is 0 Å². The van der Waals surface area contributed by atoms with Crippen LogP contribution >= 0.6 is 11.6 Å². The van der Waals surface area contributed by atoms with Gasteiger partial charge in [-0.05, 0) is 49.4 Å². The number of carbonyl (C=O) groups excluding carboxylic acids is 3. The molecule has 4 amide bonds. The number of aromatic nitrogens is 1. The number of aromatic amines is 1. The van der Waals surface area contributed by atoms with E-state index in [2.05, 4.69) is 10.3 Å². The fourth-order valence-corrected chi connectivity index (χ4v) is 4.14. The minimum atomic E-state index is -0.614. The van der Waals surface area contributed by atoms with Crippen LogP contribution in [0.3, 0.4) is 0 Å². The maximum Gasteiger partial charge on any atom is 0.324 e. The van der Waals surface area contributed by atoms with Crippen molar-refractivity contribution in [2.75, 3.05) is 19.6 Å². The lowest BCUT2D eigenvalue weighted by molar-refractivity contribution is -0.131. The first-order valence-corrected chi connectivity index (χ1v) is 10.1. The molecule has 0 bridgehead atoms. The fourth-order valence-electron chi connectivity index (χ4n) is 3.97. The molecule has 2 saturated heterocycles. The number of benzene rings is 1. The first-order chi connectivity index (χ1) is 13.5. The Labute approximate surface area is 168 Å². The molecule has 2 aliphatic heterocycles. The molecule has 28 heavy (non-hydrogen) atoms. The Morgan fingerprint density at radius 2 is 2.00 bits per heavy atom. The van der Waals surface area contributed by atoms with Gasteiger partial charge in [-0.3, -0.25) is 14.5 Å². The molecule has 2 N–H and O–H groups in total. The van der Waals surface area contributed by atoms with Gasteiger partial charge in [0.1, 0.15) is 6.04 Å². The summed E-state index contributed by atoms with van der Waals surface area (Å²) in [4.78, 5) is 43.3. The summed E-state index contributed by atoms with van der Waals surface area (Å²) in [5, 5.41) is 4.35. The maximum absolute atomic E-state index is 12.6. The number of urea groups is 1. The average Bonchev–Trinajstić information content (AvgIpc) is 3.39. The van der Waals surface area contributed by atoms with Crippen LogP contribution in [-0.2, 0) is 16.0 Å². The maximum atomic E-state index is 12.6. The molecule has 0 unspecified atom stereocenters. The van der Waals surface area contributed by atoms with E-state index in [1.54, 1.807) is 0 Å². The van der Waals surface area contributed by atoms with Crippen molar-refractivity contribution in [2.24, 2.45) is 0 Å². The van der Waals surface area contributed by atoms with Crippen molar-refractivity contribution >= 4 is 40.3 Å². The number of nitrogens with one attached hydrogen (secondary N) is 2. The molecule has 1 aromatic carbocycles. The normalized spacial score (nSPS) is 19.7. The number of carbonyl (C=O) groups is 3. The summed E-state index contributed by atoms with van der Waals surface area (Å²) in [6.45, 7) is 1.88. The van der Waals surface area contributed by atoms with Crippen molar-refractivity contribution in [3.8, 4) is 0 Å². The molecule has 1 aromatic heterocycles. The number of rotatable bonds is 6. The molecular formula is C20H23ClN4O3. The molecular weight excluding hydrogens is 380 g/mol. The van der Waals surface area contributed by atoms with E-state index in [0.717, 1.165) is 42.4 Å². The number of nitrogens with zero attached hydrogens (tertiary/aromatic N) is 2. The second-order valence-electron chi connectivity index (χ2n) is 7.37. The number of halogens is 1. The van der Waals surface area contributed by atoms with Crippen LogP contribution in [0.4, 0.5) is 4.79 Å². The van der Waals surface area contributed by atoms with E-state index in [1.165, 1.54) is 4.90 Å². The average molecular weight is 403 g/mol. The molecule has 0 spiro atoms. The first-order valence-electron chi connectivity index (χ1n) is 9.68. The van der Waals surface area contributed by atoms with E-state index in [1.807, 2.05) is 29.3 Å². The number of hydrogen-bond acceptors (Lipinski definition) is 3. The Morgan fingerprint density at radius 1 is 1.21 bits per heavy atom. The van der Waals surface area contributed by atoms with Crippen LogP contribution in [0.25, 0.3) is 10.9 Å². The topological polar surface area (TPSA) is 85.5 Å². The monoisotopic (exact) mass is 402 g/mol. The van der Waals surface area contributed by atoms with Crippen molar-refractivity contribution in [1.29, 1.82) is 0 Å². The molecule has 0 saturated carbocycles. The van der Waals surface area contributed by atoms with E-state index in [0.29, 0.717) is 24.4 Å². The van der Waals surface area contributed by atoms with Gasteiger partial charge in [0.25, 0.3) is 5.91 Å². The van der Waals surface area contributed by atoms with Gasteiger partial charge in [0.05, 0.1) is 0 Å². The summed E-state index contributed by atoms with van der Waals surface area (Å²) in [6.07, 6.45) is 5.13. The number of amides is 4. The predicted molar refractivity (Wildman–Crippen MR) is 106 cm³/mol. The lowest BCUT2D eigenvalue weighted by Gasteiger charge is -2.16. The zero-order valence-corrected chi connectivity index (χ0v) is 16.3. The van der Waals surface area contributed by atoms with Gasteiger partial charge in [0.15, 0.2) is 0 Å². The third kappa shape index (κ3) is 3.71. The molecule has 7 nitrogen and oxygen atoms in total. The number of H-pyrrole nitrogens is 1. The Bertz CT molecular complexity index is 919. The molecule has 0 aliphatic carbocycles. The zero-order chi connectivity index (χ0) is 19.7. The minimum absolute atomic E-state index is 0.0636. The molecule has 2 aliphatic rings. The molecule has 8 heteroatoms. The van der Waals surface area contributed by atoms with Gasteiger partial charge in [0, 0.05) is 48.2 Å². The van der Waals surface area contributed by atoms with Crippen molar-refractivity contribution in [3.63, 3.8) is 0 Å². The smallest absolute Gasteiger partial charge is 0.324 e. The lowest BCUT2D eigenvalue weighted by atomic mass is 10.1. The summed E-state index contributed by atoms with van der Waals surface area (Å²) < 4.78 is 0. The molecule has 3 heterocycles. The van der Waals surface area contributed by atoms with Gasteiger partial charge in [-0.15, -0.1) is 0 Å². The first kappa shape index (κ1) is 18.8. The second kappa shape index (κ2) is 7.83. The fraction of sp³-hybridized carbons (Fsp3) is 0.450. The predicted octanol–water partition coefficient (Wildman–Crippen LogP) is 2.69. The lowest BCUT2D eigenvalue weighted by Crippen LogP contribution is -2.34. The quantitative estimate of drug-likeness (QED) is 0.728. The zero-order valence-electron chi connectivity index (χ0n) is 15.5. The summed E-state index contributed by atoms with van der Waals surface area (Å²) >= 11 is 6.07. The Morgan fingerprint density at radius 3 is 2.79 bits per heavy atom. The number of likely N-dealkylation sites (tertiary alicyclic amines) is 1. The summed E-state index contributed by atoms with van der Waals surface area (Å²) in [6, 6.07) is 4.59. The standard InChI is InChI=1S/C20H23ClN4O3/c21-14-3-4-16-15(11-14)13(12-22-16)7-10-25-19(27)17(23-20(25)28)5-6-18(26)24-8-1-2-9-24/h3-4,11-12,17,22H,1-2,5-10H2,(H,23,28)/t17-/m1/s1. The van der Waals surface area contributed by atoms with Gasteiger partial charge in [-0.2, -0.15) is 0 Å². The van der Waals surface area contributed by atoms with Crippen molar-refractivity contribution in [1.82, 2.24) is 20.1 Å². The van der Waals surface area contributed by atoms with Crippen LogP contribution in [0.2, 0.25) is 5.02 Å². The van der Waals surface area contributed by atoms with Gasteiger partial charge in [-0.1, -0.05) is 11.6 Å². The molecule has 0 radical (unpaired) electrons. The highest BCUT2D eigenvalue weighted by molar-refractivity contribution is 6.31. The number of fused-ring (bicyclic) bond motifs is 1. The van der Waals surface area contributed by atoms with E-state index >= 15 is 0 Å². The van der Waals surface area contributed by atoms with Gasteiger partial charge >= 0.3 is 6.03 Å². The van der Waals surface area contributed by atoms with Crippen molar-refractivity contribution < 1.29 is 14.4 Å². The van der Waals surface area contributed by atoms with E-state index in [9.17, 15) is 14.4 Å². The molecule has 2 aromatic rings. The van der Waals surface area contributed by atoms with Gasteiger partial charge in [-0.25, -0.2) is 4.79 Å². The van der Waals surface area contributed by atoms with Crippen LogP contribution in [0.1, 0.15) is 31.2 Å². The van der Waals surface area contributed by atoms with Crippen LogP contribution in [0.5, 0.6) is 0 Å². The van der Waals surface area contributed by atoms with E-state index < -0.39 is 6.04 Å². The Hall–Kier alpha value is -2.54. The SMILES string of the molecule is O=C(CC[C@H]1NC(=O)N(CCc2c[nH]c3ccc(Cl)cc23)C1=O)N1CCCC1. The van der Waals surface area contributed by atoms with Crippen LogP contribution < -0.4 is 5.32 Å². The molecule has 2 fully saturated rings. The third-order valence-corrected chi connectivity index (χ3v) is 5.78. The number of hydrogen-bond donors (Lipinski definition) is 2. The highest BCUT2D eigenvalue weighted by atomic mass is 35.5.